The van der Waals surface area contributed by atoms with E-state index in [2.05, 4.69) is 35.6 Å². The smallest absolute Gasteiger partial charge is 0.234 e. The minimum atomic E-state index is -0.239. The molecule has 6 rings (SSSR count). The fourth-order valence-corrected chi connectivity index (χ4v) is 5.05. The minimum Gasteiger partial charge on any atom is -0.368 e. The molecule has 10 nitrogen and oxygen atoms in total. The Balaban J connectivity index is 1.19. The predicted molar refractivity (Wildman–Crippen MR) is 149 cm³/mol. The van der Waals surface area contributed by atoms with Crippen LogP contribution in [-0.2, 0) is 4.79 Å². The summed E-state index contributed by atoms with van der Waals surface area (Å²) >= 11 is 1.42. The van der Waals surface area contributed by atoms with Gasteiger partial charge in [0, 0.05) is 60.1 Å². The Morgan fingerprint density at radius 1 is 0.974 bits per heavy atom. The van der Waals surface area contributed by atoms with Gasteiger partial charge in [-0.1, -0.05) is 0 Å². The maximum Gasteiger partial charge on any atom is 0.234 e. The van der Waals surface area contributed by atoms with Gasteiger partial charge in [0.05, 0.1) is 0 Å². The van der Waals surface area contributed by atoms with Crippen LogP contribution in [0.5, 0.6) is 0 Å². The Morgan fingerprint density at radius 3 is 2.36 bits per heavy atom. The summed E-state index contributed by atoms with van der Waals surface area (Å²) in [5.74, 6) is 1.61. The Labute approximate surface area is 229 Å². The van der Waals surface area contributed by atoms with E-state index in [1.807, 2.05) is 37.3 Å². The van der Waals surface area contributed by atoms with Crippen LogP contribution in [-0.4, -0.2) is 57.2 Å². The first-order valence-corrected chi connectivity index (χ1v) is 13.7. The third-order valence-electron chi connectivity index (χ3n) is 6.58. The molecule has 0 unspecified atom stereocenters. The highest BCUT2D eigenvalue weighted by Gasteiger charge is 2.29. The van der Waals surface area contributed by atoms with E-state index in [1.165, 1.54) is 23.9 Å². The molecule has 200 valence electrons. The van der Waals surface area contributed by atoms with Gasteiger partial charge in [0.25, 0.3) is 0 Å². The normalized spacial score (nSPS) is 15.3. The number of aryl methyl sites for hydroxylation is 1. The summed E-state index contributed by atoms with van der Waals surface area (Å²) < 4.78 is 13.3. The van der Waals surface area contributed by atoms with Gasteiger partial charge >= 0.3 is 0 Å². The van der Waals surface area contributed by atoms with Gasteiger partial charge < -0.3 is 20.4 Å². The molecule has 1 saturated heterocycles. The molecule has 0 radical (unpaired) electrons. The zero-order valence-electron chi connectivity index (χ0n) is 21.4. The number of hydrogen-bond acceptors (Lipinski definition) is 9. The average Bonchev–Trinajstić information content (AvgIpc) is 3.72. The molecule has 1 aliphatic carbocycles. The number of piperazine rings is 1. The van der Waals surface area contributed by atoms with E-state index in [0.717, 1.165) is 47.9 Å². The van der Waals surface area contributed by atoms with E-state index in [0.29, 0.717) is 36.0 Å². The van der Waals surface area contributed by atoms with E-state index >= 15 is 0 Å². The summed E-state index contributed by atoms with van der Waals surface area (Å²) in [4.78, 5) is 31.5. The number of nitrogens with zero attached hydrogens (tertiary/aromatic N) is 6. The highest BCUT2D eigenvalue weighted by molar-refractivity contribution is 7.99. The van der Waals surface area contributed by atoms with Crippen LogP contribution in [0.15, 0.2) is 64.6 Å². The van der Waals surface area contributed by atoms with E-state index in [-0.39, 0.29) is 17.6 Å². The van der Waals surface area contributed by atoms with Crippen molar-refractivity contribution in [3.05, 3.63) is 66.1 Å². The molecule has 0 bridgehead atoms. The molecule has 0 atom stereocenters. The molecule has 2 fully saturated rings. The van der Waals surface area contributed by atoms with E-state index in [4.69, 9.17) is 9.97 Å². The number of benzene rings is 2. The van der Waals surface area contributed by atoms with Crippen molar-refractivity contribution in [1.29, 1.82) is 0 Å². The Morgan fingerprint density at radius 2 is 1.69 bits per heavy atom. The summed E-state index contributed by atoms with van der Waals surface area (Å²) in [6, 6.07) is 16.1. The number of amides is 1. The summed E-state index contributed by atoms with van der Waals surface area (Å²) in [6.45, 7) is 4.86. The average molecular weight is 546 g/mol. The molecule has 2 aromatic carbocycles. The van der Waals surface area contributed by atoms with Gasteiger partial charge in [-0.3, -0.25) is 9.89 Å². The van der Waals surface area contributed by atoms with Gasteiger partial charge in [-0.25, -0.2) is 4.39 Å². The standard InChI is InChI=1S/C27H28FN9OS/c1-17-16-23(35-34-17)30-25-31-26(37-14-12-36(13-15-37)21-8-4-19(28)5-9-21)33-27(32-25)39-22-10-6-20(7-11-22)29-24(38)18-2-3-18/h4-11,16,18H,2-3,12-15H2,1H3,(H,29,38)(H2,30,31,32,33,34,35). The van der Waals surface area contributed by atoms with Gasteiger partial charge in [0.2, 0.25) is 17.8 Å². The monoisotopic (exact) mass is 545 g/mol. The second kappa shape index (κ2) is 10.9. The molecule has 1 saturated carbocycles. The van der Waals surface area contributed by atoms with Crippen molar-refractivity contribution < 1.29 is 9.18 Å². The summed E-state index contributed by atoms with van der Waals surface area (Å²) in [5.41, 5.74) is 2.70. The third kappa shape index (κ3) is 6.28. The lowest BCUT2D eigenvalue weighted by atomic mass is 10.2. The van der Waals surface area contributed by atoms with Gasteiger partial charge in [-0.15, -0.1) is 0 Å². The van der Waals surface area contributed by atoms with Gasteiger partial charge in [0.1, 0.15) is 5.82 Å². The van der Waals surface area contributed by atoms with Crippen molar-refractivity contribution in [2.45, 2.75) is 29.8 Å². The number of aromatic nitrogens is 5. The number of hydrogen-bond donors (Lipinski definition) is 3. The molecule has 0 spiro atoms. The Bertz CT molecular complexity index is 1450. The van der Waals surface area contributed by atoms with Crippen LogP contribution >= 0.6 is 11.8 Å². The maximum atomic E-state index is 13.3. The zero-order chi connectivity index (χ0) is 26.8. The maximum absolute atomic E-state index is 13.3. The second-order valence-corrected chi connectivity index (χ2v) is 10.7. The highest BCUT2D eigenvalue weighted by Crippen LogP contribution is 2.32. The molecule has 3 N–H and O–H groups in total. The Hall–Kier alpha value is -4.19. The lowest BCUT2D eigenvalue weighted by molar-refractivity contribution is -0.117. The lowest BCUT2D eigenvalue weighted by Crippen LogP contribution is -2.47. The molecule has 1 aliphatic heterocycles. The number of carbonyl (C=O) groups is 1. The predicted octanol–water partition coefficient (Wildman–Crippen LogP) is 4.61. The SMILES string of the molecule is Cc1cc(Nc2nc(Sc3ccc(NC(=O)C4CC4)cc3)nc(N3CCN(c4ccc(F)cc4)CC3)n2)n[nH]1. The van der Waals surface area contributed by atoms with E-state index < -0.39 is 0 Å². The van der Waals surface area contributed by atoms with Gasteiger partial charge in [0.15, 0.2) is 11.0 Å². The second-order valence-electron chi connectivity index (χ2n) is 9.64. The fraction of sp³-hybridized carbons (Fsp3) is 0.296. The quantitative estimate of drug-likeness (QED) is 0.292. The van der Waals surface area contributed by atoms with Crippen molar-refractivity contribution in [2.75, 3.05) is 46.6 Å². The number of carbonyl (C=O) groups excluding carboxylic acids is 1. The summed E-state index contributed by atoms with van der Waals surface area (Å²) in [5, 5.41) is 13.8. The van der Waals surface area contributed by atoms with Crippen molar-refractivity contribution in [1.82, 2.24) is 25.1 Å². The van der Waals surface area contributed by atoms with E-state index in [9.17, 15) is 9.18 Å². The molecule has 2 aliphatic rings. The summed E-state index contributed by atoms with van der Waals surface area (Å²) in [7, 11) is 0. The number of anilines is 5. The van der Waals surface area contributed by atoms with Crippen LogP contribution in [0.2, 0.25) is 0 Å². The molecule has 3 heterocycles. The molecule has 4 aromatic rings. The number of H-pyrrole nitrogens is 1. The van der Waals surface area contributed by atoms with Crippen molar-refractivity contribution in [3.8, 4) is 0 Å². The van der Waals surface area contributed by atoms with Crippen LogP contribution in [0, 0.1) is 18.7 Å². The van der Waals surface area contributed by atoms with Crippen LogP contribution in [0.3, 0.4) is 0 Å². The number of rotatable bonds is 8. The van der Waals surface area contributed by atoms with Crippen LogP contribution in [0.1, 0.15) is 18.5 Å². The van der Waals surface area contributed by atoms with Crippen LogP contribution in [0.4, 0.5) is 33.5 Å². The van der Waals surface area contributed by atoms with Crippen molar-refractivity contribution in [3.63, 3.8) is 0 Å². The lowest BCUT2D eigenvalue weighted by Gasteiger charge is -2.36. The molecule has 2 aromatic heterocycles. The third-order valence-corrected chi connectivity index (χ3v) is 7.46. The van der Waals surface area contributed by atoms with Gasteiger partial charge in [-0.2, -0.15) is 20.1 Å². The number of halogens is 1. The largest absolute Gasteiger partial charge is 0.368 e. The number of nitrogens with one attached hydrogen (secondary N) is 3. The molecule has 1 amide bonds. The zero-order valence-corrected chi connectivity index (χ0v) is 22.2. The van der Waals surface area contributed by atoms with Crippen molar-refractivity contribution >= 4 is 46.8 Å². The molecular formula is C27H28FN9OS. The first-order chi connectivity index (χ1) is 19.0. The van der Waals surface area contributed by atoms with Gasteiger partial charge in [-0.05, 0) is 80.1 Å². The summed E-state index contributed by atoms with van der Waals surface area (Å²) in [6.07, 6.45) is 1.94. The van der Waals surface area contributed by atoms with E-state index in [1.54, 1.807) is 12.1 Å². The van der Waals surface area contributed by atoms with Crippen LogP contribution < -0.4 is 20.4 Å². The van der Waals surface area contributed by atoms with Crippen molar-refractivity contribution in [2.24, 2.45) is 5.92 Å². The first kappa shape index (κ1) is 25.1. The Kier molecular flexibility index (Phi) is 7.01. The molecule has 39 heavy (non-hydrogen) atoms. The topological polar surface area (TPSA) is 115 Å². The minimum absolute atomic E-state index is 0.0846. The highest BCUT2D eigenvalue weighted by atomic mass is 32.2. The first-order valence-electron chi connectivity index (χ1n) is 12.9. The van der Waals surface area contributed by atoms with Crippen LogP contribution in [0.25, 0.3) is 0 Å². The number of aromatic amines is 1. The fourth-order valence-electron chi connectivity index (χ4n) is 4.30. The molecule has 12 heteroatoms. The molecular weight excluding hydrogens is 517 g/mol.